The van der Waals surface area contributed by atoms with E-state index in [1.807, 2.05) is 34.1 Å². The second-order valence-corrected chi connectivity index (χ2v) is 18.4. The lowest BCUT2D eigenvalue weighted by Gasteiger charge is -2.34. The van der Waals surface area contributed by atoms with Gasteiger partial charge in [-0.1, -0.05) is 24.3 Å². The van der Waals surface area contributed by atoms with Gasteiger partial charge in [0, 0.05) is 97.4 Å². The second-order valence-electron chi connectivity index (χ2n) is 16.3. The van der Waals surface area contributed by atoms with E-state index in [2.05, 4.69) is 32.6 Å². The van der Waals surface area contributed by atoms with Gasteiger partial charge in [0.2, 0.25) is 0 Å². The van der Waals surface area contributed by atoms with E-state index >= 15 is 0 Å². The van der Waals surface area contributed by atoms with Crippen LogP contribution < -0.4 is 20.4 Å². The molecule has 2 aromatic carbocycles. The Morgan fingerprint density at radius 3 is 1.47 bits per heavy atom. The topological polar surface area (TPSA) is 150 Å². The first-order chi connectivity index (χ1) is 28.2. The third kappa shape index (κ3) is 6.44. The van der Waals surface area contributed by atoms with Crippen LogP contribution in [-0.2, 0) is 48.2 Å². The van der Waals surface area contributed by atoms with Gasteiger partial charge in [-0.2, -0.15) is 0 Å². The minimum atomic E-state index is -0.411. The zero-order chi connectivity index (χ0) is 39.8. The van der Waals surface area contributed by atoms with Crippen molar-refractivity contribution in [3.05, 3.63) is 78.7 Å². The monoisotopic (exact) mass is 822 g/mol. The molecule has 10 rings (SSSR count). The summed E-state index contributed by atoms with van der Waals surface area (Å²) in [5.41, 5.74) is 8.23. The molecule has 4 aliphatic heterocycles. The molecule has 0 bridgehead atoms. The van der Waals surface area contributed by atoms with E-state index in [9.17, 15) is 19.2 Å². The quantitative estimate of drug-likeness (QED) is 0.232. The molecule has 2 N–H and O–H groups in total. The SMILES string of the molecule is COC(=O)NCC1(N2CCc3nc(C(=O)N4CCc5c(-c6cccc7c6CCN7C(=O)c6nc7c(s6)CN(C6(CNC(=O)OC)CC6)CC7)cccc54)sc3C2)CC1. The maximum atomic E-state index is 14.2. The van der Waals surface area contributed by atoms with Crippen LogP contribution >= 0.6 is 22.7 Å². The number of carbonyl (C=O) groups excluding carboxylic acids is 4. The van der Waals surface area contributed by atoms with E-state index in [0.717, 1.165) is 132 Å². The van der Waals surface area contributed by atoms with Crippen LogP contribution in [-0.4, -0.2) is 108 Å². The van der Waals surface area contributed by atoms with Crippen LogP contribution in [0.4, 0.5) is 21.0 Å². The van der Waals surface area contributed by atoms with Gasteiger partial charge in [-0.3, -0.25) is 19.4 Å². The van der Waals surface area contributed by atoms with Crippen molar-refractivity contribution in [2.75, 3.05) is 63.3 Å². The summed E-state index contributed by atoms with van der Waals surface area (Å²) in [7, 11) is 2.76. The standard InChI is InChI=1S/C42H46N8O6S2/c1-55-39(53)43-23-41(13-14-41)47-17-11-29-33(21-47)57-35(45-29)37(51)49-19-9-27-25(5-3-7-31(27)49)26-6-4-8-32-28(26)10-20-50(32)38(52)36-46-30-12-18-48(22-34(30)58-36)42(15-16-42)24-44-40(54)56-2/h3-8H,9-24H2,1-2H3,(H,43,53)(H,44,54). The van der Waals surface area contributed by atoms with Crippen LogP contribution in [0.15, 0.2) is 36.4 Å². The summed E-state index contributed by atoms with van der Waals surface area (Å²) in [5, 5.41) is 6.82. The lowest BCUT2D eigenvalue weighted by Crippen LogP contribution is -2.47. The van der Waals surface area contributed by atoms with Gasteiger partial charge >= 0.3 is 12.2 Å². The summed E-state index contributed by atoms with van der Waals surface area (Å²) in [6, 6.07) is 12.4. The van der Waals surface area contributed by atoms with Crippen LogP contribution in [0, 0.1) is 0 Å². The van der Waals surface area contributed by atoms with Crippen molar-refractivity contribution in [3.8, 4) is 11.1 Å². The number of alkyl carbamates (subject to hydrolysis) is 2. The lowest BCUT2D eigenvalue weighted by molar-refractivity contribution is 0.0981. The first kappa shape index (κ1) is 37.4. The van der Waals surface area contributed by atoms with Crippen LogP contribution in [0.1, 0.15) is 77.6 Å². The molecule has 0 atom stereocenters. The van der Waals surface area contributed by atoms with Crippen LogP contribution in [0.25, 0.3) is 11.1 Å². The Bertz CT molecular complexity index is 2190. The molecule has 0 saturated heterocycles. The molecule has 2 fully saturated rings. The van der Waals surface area contributed by atoms with Gasteiger partial charge in [0.15, 0.2) is 10.0 Å². The summed E-state index contributed by atoms with van der Waals surface area (Å²) in [6.07, 6.45) is 6.31. The molecular weight excluding hydrogens is 777 g/mol. The summed E-state index contributed by atoms with van der Waals surface area (Å²) >= 11 is 2.99. The van der Waals surface area contributed by atoms with Crippen molar-refractivity contribution in [2.24, 2.45) is 0 Å². The maximum absolute atomic E-state index is 14.2. The molecule has 2 aliphatic carbocycles. The van der Waals surface area contributed by atoms with Crippen LogP contribution in [0.3, 0.4) is 0 Å². The van der Waals surface area contributed by atoms with Crippen LogP contribution in [0.2, 0.25) is 0 Å². The molecule has 4 amide bonds. The highest BCUT2D eigenvalue weighted by Crippen LogP contribution is 2.47. The number of hydrogen-bond acceptors (Lipinski definition) is 12. The Kier molecular flexibility index (Phi) is 9.30. The van der Waals surface area contributed by atoms with E-state index in [-0.39, 0.29) is 22.9 Å². The van der Waals surface area contributed by atoms with Gasteiger partial charge in [-0.15, -0.1) is 22.7 Å². The molecule has 14 nitrogen and oxygen atoms in total. The number of carbonyl (C=O) groups is 4. The van der Waals surface area contributed by atoms with Gasteiger partial charge in [-0.25, -0.2) is 19.6 Å². The highest BCUT2D eigenvalue weighted by Gasteiger charge is 2.50. The highest BCUT2D eigenvalue weighted by molar-refractivity contribution is 7.14. The number of methoxy groups -OCH3 is 2. The number of nitrogens with one attached hydrogen (secondary N) is 2. The fourth-order valence-electron chi connectivity index (χ4n) is 9.53. The largest absolute Gasteiger partial charge is 0.453 e. The second kappa shape index (κ2) is 14.4. The molecule has 0 spiro atoms. The minimum Gasteiger partial charge on any atom is -0.453 e. The smallest absolute Gasteiger partial charge is 0.406 e. The van der Waals surface area contributed by atoms with E-state index in [4.69, 9.17) is 19.4 Å². The Hall–Kier alpha value is -4.90. The Balaban J connectivity index is 0.841. The summed E-state index contributed by atoms with van der Waals surface area (Å²) in [6.45, 7) is 5.42. The average molecular weight is 823 g/mol. The molecule has 6 aliphatic rings. The van der Waals surface area contributed by atoms with E-state index in [0.29, 0.717) is 36.2 Å². The zero-order valence-electron chi connectivity index (χ0n) is 32.7. The number of anilines is 2. The maximum Gasteiger partial charge on any atom is 0.406 e. The Morgan fingerprint density at radius 2 is 1.07 bits per heavy atom. The van der Waals surface area contributed by atoms with Gasteiger partial charge < -0.3 is 29.9 Å². The zero-order valence-corrected chi connectivity index (χ0v) is 34.4. The molecule has 4 aromatic rings. The van der Waals surface area contributed by atoms with Crippen molar-refractivity contribution in [2.45, 2.75) is 75.5 Å². The summed E-state index contributed by atoms with van der Waals surface area (Å²) < 4.78 is 9.58. The van der Waals surface area contributed by atoms with E-state index < -0.39 is 12.2 Å². The van der Waals surface area contributed by atoms with Crippen molar-refractivity contribution in [1.29, 1.82) is 0 Å². The molecule has 2 saturated carbocycles. The van der Waals surface area contributed by atoms with Crippen molar-refractivity contribution >= 4 is 58.0 Å². The average Bonchev–Trinajstić information content (AvgIpc) is 3.93. The predicted molar refractivity (Wildman–Crippen MR) is 220 cm³/mol. The van der Waals surface area contributed by atoms with Gasteiger partial charge in [-0.05, 0) is 72.9 Å². The number of amides is 4. The molecule has 302 valence electrons. The molecular formula is C42H46N8O6S2. The number of rotatable bonds is 9. The molecule has 0 radical (unpaired) electrons. The fourth-order valence-corrected chi connectivity index (χ4v) is 11.7. The molecule has 58 heavy (non-hydrogen) atoms. The molecule has 6 heterocycles. The Labute approximate surface area is 344 Å². The normalized spacial score (nSPS) is 19.8. The van der Waals surface area contributed by atoms with Gasteiger partial charge in [0.05, 0.1) is 25.6 Å². The van der Waals surface area contributed by atoms with Gasteiger partial charge in [0.25, 0.3) is 11.8 Å². The lowest BCUT2D eigenvalue weighted by atomic mass is 9.93. The fraction of sp³-hybridized carbons (Fsp3) is 0.476. The van der Waals surface area contributed by atoms with E-state index in [1.165, 1.54) is 36.9 Å². The molecule has 2 aromatic heterocycles. The van der Waals surface area contributed by atoms with Crippen LogP contribution in [0.5, 0.6) is 0 Å². The number of benzene rings is 2. The van der Waals surface area contributed by atoms with Gasteiger partial charge in [0.1, 0.15) is 0 Å². The third-order valence-electron chi connectivity index (χ3n) is 13.2. The number of ether oxygens (including phenoxy) is 2. The van der Waals surface area contributed by atoms with E-state index in [1.54, 1.807) is 0 Å². The first-order valence-electron chi connectivity index (χ1n) is 20.2. The summed E-state index contributed by atoms with van der Waals surface area (Å²) in [5.74, 6) is -0.130. The third-order valence-corrected chi connectivity index (χ3v) is 15.3. The van der Waals surface area contributed by atoms with Crippen molar-refractivity contribution in [1.82, 2.24) is 30.4 Å². The number of thiazole rings is 2. The first-order valence-corrected chi connectivity index (χ1v) is 21.8. The number of nitrogens with zero attached hydrogens (tertiary/aromatic N) is 6. The Morgan fingerprint density at radius 1 is 0.638 bits per heavy atom. The number of aromatic nitrogens is 2. The molecule has 16 heteroatoms. The molecule has 0 unspecified atom stereocenters. The predicted octanol–water partition coefficient (Wildman–Crippen LogP) is 5.17. The number of fused-ring (bicyclic) bond motifs is 4. The summed E-state index contributed by atoms with van der Waals surface area (Å²) in [4.78, 5) is 72.5. The van der Waals surface area contributed by atoms with Crippen molar-refractivity contribution in [3.63, 3.8) is 0 Å². The highest BCUT2D eigenvalue weighted by atomic mass is 32.1. The van der Waals surface area contributed by atoms with Crippen molar-refractivity contribution < 1.29 is 28.7 Å². The number of hydrogen-bond donors (Lipinski definition) is 2. The minimum absolute atomic E-state index is 0.0534.